The minimum atomic E-state index is 0.0389. The zero-order valence-electron chi connectivity index (χ0n) is 10.5. The minimum absolute atomic E-state index is 0.0389. The number of aromatic nitrogens is 1. The van der Waals surface area contributed by atoms with Crippen LogP contribution in [0.4, 0.5) is 11.4 Å². The lowest BCUT2D eigenvalue weighted by Gasteiger charge is -1.94. The predicted molar refractivity (Wildman–Crippen MR) is 75.3 cm³/mol. The molecular weight excluding hydrogens is 238 g/mol. The van der Waals surface area contributed by atoms with Crippen LogP contribution < -0.4 is 0 Å². The van der Waals surface area contributed by atoms with Gasteiger partial charge in [-0.3, -0.25) is 0 Å². The van der Waals surface area contributed by atoms with Crippen LogP contribution in [0.1, 0.15) is 5.56 Å². The van der Waals surface area contributed by atoms with Gasteiger partial charge in [0, 0.05) is 5.39 Å². The minimum Gasteiger partial charge on any atom is -0.493 e. The summed E-state index contributed by atoms with van der Waals surface area (Å²) in [7, 11) is 0. The molecule has 0 aliphatic rings. The second-order valence-corrected chi connectivity index (χ2v) is 4.40. The normalized spacial score (nSPS) is 11.4. The van der Waals surface area contributed by atoms with E-state index in [1.807, 2.05) is 55.5 Å². The molecule has 0 atom stereocenters. The van der Waals surface area contributed by atoms with Crippen molar-refractivity contribution in [3.8, 4) is 5.88 Å². The molecule has 0 unspecified atom stereocenters. The van der Waals surface area contributed by atoms with E-state index in [2.05, 4.69) is 15.2 Å². The van der Waals surface area contributed by atoms with Crippen molar-refractivity contribution in [1.29, 1.82) is 0 Å². The summed E-state index contributed by atoms with van der Waals surface area (Å²) in [5, 5.41) is 19.0. The highest BCUT2D eigenvalue weighted by Crippen LogP contribution is 2.35. The zero-order valence-corrected chi connectivity index (χ0v) is 10.5. The molecule has 3 aromatic rings. The van der Waals surface area contributed by atoms with E-state index >= 15 is 0 Å². The third-order valence-electron chi connectivity index (χ3n) is 2.96. The van der Waals surface area contributed by atoms with Crippen molar-refractivity contribution in [3.63, 3.8) is 0 Å². The number of fused-ring (bicyclic) bond motifs is 1. The second-order valence-electron chi connectivity index (χ2n) is 4.40. The van der Waals surface area contributed by atoms with Gasteiger partial charge in [0.25, 0.3) is 0 Å². The van der Waals surface area contributed by atoms with Crippen LogP contribution in [-0.2, 0) is 0 Å². The van der Waals surface area contributed by atoms with Crippen LogP contribution >= 0.6 is 0 Å². The number of aromatic hydroxyl groups is 1. The molecule has 0 saturated carbocycles. The van der Waals surface area contributed by atoms with Crippen molar-refractivity contribution in [1.82, 2.24) is 4.98 Å². The van der Waals surface area contributed by atoms with Gasteiger partial charge < -0.3 is 10.1 Å². The van der Waals surface area contributed by atoms with E-state index in [0.717, 1.165) is 16.6 Å². The topological polar surface area (TPSA) is 60.7 Å². The summed E-state index contributed by atoms with van der Waals surface area (Å²) in [6.45, 7) is 2.02. The Labute approximate surface area is 110 Å². The number of benzene rings is 2. The fourth-order valence-electron chi connectivity index (χ4n) is 1.93. The van der Waals surface area contributed by atoms with Gasteiger partial charge in [-0.2, -0.15) is 5.11 Å². The number of hydrogen-bond acceptors (Lipinski definition) is 3. The average Bonchev–Trinajstić information content (AvgIpc) is 2.74. The zero-order chi connectivity index (χ0) is 13.2. The molecule has 0 radical (unpaired) electrons. The van der Waals surface area contributed by atoms with Gasteiger partial charge in [-0.1, -0.05) is 35.9 Å². The largest absolute Gasteiger partial charge is 0.493 e. The number of aryl methyl sites for hydroxylation is 1. The van der Waals surface area contributed by atoms with Gasteiger partial charge in [-0.25, -0.2) is 0 Å². The first kappa shape index (κ1) is 11.5. The fourth-order valence-corrected chi connectivity index (χ4v) is 1.93. The average molecular weight is 251 g/mol. The van der Waals surface area contributed by atoms with Crippen LogP contribution in [0.25, 0.3) is 10.9 Å². The monoisotopic (exact) mass is 251 g/mol. The number of hydrogen-bond donors (Lipinski definition) is 2. The lowest BCUT2D eigenvalue weighted by Crippen LogP contribution is -1.68. The molecule has 0 bridgehead atoms. The Morgan fingerprint density at radius 3 is 2.47 bits per heavy atom. The lowest BCUT2D eigenvalue weighted by atomic mass is 10.2. The van der Waals surface area contributed by atoms with Crippen LogP contribution in [0.2, 0.25) is 0 Å². The standard InChI is InChI=1S/C15H13N3O/c1-10-6-8-11(9-7-10)17-18-14-12-4-2-3-5-13(12)16-15(14)19/h2-9,16,19H,1H3. The van der Waals surface area contributed by atoms with Crippen molar-refractivity contribution in [3.05, 3.63) is 54.1 Å². The van der Waals surface area contributed by atoms with E-state index in [1.165, 1.54) is 5.56 Å². The first-order chi connectivity index (χ1) is 9.24. The van der Waals surface area contributed by atoms with E-state index in [4.69, 9.17) is 0 Å². The maximum absolute atomic E-state index is 9.85. The van der Waals surface area contributed by atoms with Gasteiger partial charge >= 0.3 is 0 Å². The van der Waals surface area contributed by atoms with Crippen LogP contribution in [0.5, 0.6) is 5.88 Å². The highest BCUT2D eigenvalue weighted by molar-refractivity contribution is 5.94. The summed E-state index contributed by atoms with van der Waals surface area (Å²) in [6, 6.07) is 15.3. The Kier molecular flexibility index (Phi) is 2.76. The molecule has 2 N–H and O–H groups in total. The first-order valence-electron chi connectivity index (χ1n) is 6.02. The number of nitrogens with zero attached hydrogens (tertiary/aromatic N) is 2. The van der Waals surface area contributed by atoms with Crippen molar-refractivity contribution in [2.75, 3.05) is 0 Å². The molecule has 94 valence electrons. The lowest BCUT2D eigenvalue weighted by molar-refractivity contribution is 0.459. The van der Waals surface area contributed by atoms with Gasteiger partial charge in [0.2, 0.25) is 5.88 Å². The third kappa shape index (κ3) is 2.20. The number of para-hydroxylation sites is 1. The van der Waals surface area contributed by atoms with E-state index in [9.17, 15) is 5.11 Å². The summed E-state index contributed by atoms with van der Waals surface area (Å²) < 4.78 is 0. The molecule has 0 amide bonds. The molecule has 4 nitrogen and oxygen atoms in total. The highest BCUT2D eigenvalue weighted by Gasteiger charge is 2.09. The second kappa shape index (κ2) is 4.57. The number of H-pyrrole nitrogens is 1. The molecule has 0 saturated heterocycles. The summed E-state index contributed by atoms with van der Waals surface area (Å²) in [5.74, 6) is 0.0389. The molecule has 19 heavy (non-hydrogen) atoms. The van der Waals surface area contributed by atoms with Gasteiger partial charge in [-0.15, -0.1) is 5.11 Å². The van der Waals surface area contributed by atoms with E-state index in [1.54, 1.807) is 0 Å². The van der Waals surface area contributed by atoms with Crippen molar-refractivity contribution >= 4 is 22.3 Å². The molecular formula is C15H13N3O. The van der Waals surface area contributed by atoms with Crippen LogP contribution in [0, 0.1) is 6.92 Å². The Hall–Kier alpha value is -2.62. The number of azo groups is 1. The van der Waals surface area contributed by atoms with Crippen molar-refractivity contribution in [2.24, 2.45) is 10.2 Å². The number of aromatic amines is 1. The molecule has 1 aromatic heterocycles. The quantitative estimate of drug-likeness (QED) is 0.642. The molecule has 3 rings (SSSR count). The molecule has 4 heteroatoms. The summed E-state index contributed by atoms with van der Waals surface area (Å²) >= 11 is 0. The summed E-state index contributed by atoms with van der Waals surface area (Å²) in [4.78, 5) is 2.87. The van der Waals surface area contributed by atoms with Gasteiger partial charge in [-0.05, 0) is 25.1 Å². The fraction of sp³-hybridized carbons (Fsp3) is 0.0667. The SMILES string of the molecule is Cc1ccc(N=Nc2c(O)[nH]c3ccccc23)cc1. The highest BCUT2D eigenvalue weighted by atomic mass is 16.3. The Morgan fingerprint density at radius 2 is 1.68 bits per heavy atom. The number of rotatable bonds is 2. The Balaban J connectivity index is 2.01. The molecule has 0 fully saturated rings. The van der Waals surface area contributed by atoms with Crippen molar-refractivity contribution in [2.45, 2.75) is 6.92 Å². The Bertz CT molecular complexity index is 742. The summed E-state index contributed by atoms with van der Waals surface area (Å²) in [5.41, 5.74) is 3.25. The molecule has 0 spiro atoms. The van der Waals surface area contributed by atoms with E-state index in [-0.39, 0.29) is 5.88 Å². The maximum Gasteiger partial charge on any atom is 0.218 e. The predicted octanol–water partition coefficient (Wildman–Crippen LogP) is 4.60. The van der Waals surface area contributed by atoms with E-state index < -0.39 is 0 Å². The third-order valence-corrected chi connectivity index (χ3v) is 2.96. The van der Waals surface area contributed by atoms with Crippen molar-refractivity contribution < 1.29 is 5.11 Å². The Morgan fingerprint density at radius 1 is 0.947 bits per heavy atom. The van der Waals surface area contributed by atoms with Gasteiger partial charge in [0.15, 0.2) is 5.69 Å². The molecule has 0 aliphatic carbocycles. The first-order valence-corrected chi connectivity index (χ1v) is 6.02. The molecule has 1 heterocycles. The van der Waals surface area contributed by atoms with Crippen LogP contribution in [0.15, 0.2) is 58.8 Å². The molecule has 2 aromatic carbocycles. The van der Waals surface area contributed by atoms with E-state index in [0.29, 0.717) is 5.69 Å². The number of nitrogens with one attached hydrogen (secondary N) is 1. The van der Waals surface area contributed by atoms with Crippen LogP contribution in [0.3, 0.4) is 0 Å². The summed E-state index contributed by atoms with van der Waals surface area (Å²) in [6.07, 6.45) is 0. The van der Waals surface area contributed by atoms with Gasteiger partial charge in [0.1, 0.15) is 0 Å². The van der Waals surface area contributed by atoms with Crippen LogP contribution in [-0.4, -0.2) is 10.1 Å². The maximum atomic E-state index is 9.85. The van der Waals surface area contributed by atoms with Gasteiger partial charge in [0.05, 0.1) is 11.2 Å². The molecule has 0 aliphatic heterocycles. The smallest absolute Gasteiger partial charge is 0.218 e.